The molecule has 2 heterocycles. The first-order valence-electron chi connectivity index (χ1n) is 9.02. The molecule has 0 fully saturated rings. The second-order valence-corrected chi connectivity index (χ2v) is 7.55. The van der Waals surface area contributed by atoms with Gasteiger partial charge in [-0.3, -0.25) is 14.5 Å². The number of carbonyl (C=O) groups is 2. The molecule has 1 aromatic heterocycles. The number of halogens is 3. The number of ether oxygens (including phenoxy) is 1. The molecule has 158 valence electrons. The van der Waals surface area contributed by atoms with Crippen molar-refractivity contribution in [1.82, 2.24) is 0 Å². The summed E-state index contributed by atoms with van der Waals surface area (Å²) >= 11 is 1.15. The molecule has 31 heavy (non-hydrogen) atoms. The third-order valence-corrected chi connectivity index (χ3v) is 5.51. The van der Waals surface area contributed by atoms with E-state index in [4.69, 9.17) is 0 Å². The number of amides is 1. The first-order valence-corrected chi connectivity index (χ1v) is 9.90. The van der Waals surface area contributed by atoms with Crippen LogP contribution in [0.1, 0.15) is 21.3 Å². The van der Waals surface area contributed by atoms with Crippen LogP contribution in [0.15, 0.2) is 83.4 Å². The molecule has 5 nitrogen and oxygen atoms in total. The van der Waals surface area contributed by atoms with Gasteiger partial charge in [0, 0.05) is 11.8 Å². The molecule has 0 spiro atoms. The first kappa shape index (κ1) is 20.7. The zero-order valence-corrected chi connectivity index (χ0v) is 16.5. The summed E-state index contributed by atoms with van der Waals surface area (Å²) in [7, 11) is 0. The Morgan fingerprint density at radius 3 is 2.42 bits per heavy atom. The van der Waals surface area contributed by atoms with Crippen LogP contribution in [0.5, 0.6) is 5.75 Å². The van der Waals surface area contributed by atoms with Gasteiger partial charge in [-0.25, -0.2) is 0 Å². The SMILES string of the molecule is O=C(C1=C(O)C(=O)N(c2cccc(OC(F)(F)F)c2)C1c1ccccc1)c1cccs1. The van der Waals surface area contributed by atoms with Crippen molar-refractivity contribution in [2.45, 2.75) is 12.4 Å². The molecular formula is C22H14F3NO4S. The number of thiophene rings is 1. The molecule has 1 N–H and O–H groups in total. The standard InChI is InChI=1S/C22H14F3NO4S/c23-22(24,25)30-15-9-4-8-14(12-15)26-18(13-6-2-1-3-7-13)17(20(28)21(26)29)19(27)16-10-5-11-31-16/h1-12,18,28H. The number of Topliss-reactive ketones (excluding diaryl/α,β-unsaturated/α-hetero) is 1. The highest BCUT2D eigenvalue weighted by atomic mass is 32.1. The summed E-state index contributed by atoms with van der Waals surface area (Å²) in [6.07, 6.45) is -4.91. The number of aliphatic hydroxyl groups excluding tert-OH is 1. The lowest BCUT2D eigenvalue weighted by molar-refractivity contribution is -0.274. The van der Waals surface area contributed by atoms with Gasteiger partial charge < -0.3 is 9.84 Å². The molecule has 4 rings (SSSR count). The summed E-state index contributed by atoms with van der Waals surface area (Å²) in [5.74, 6) is -2.69. The lowest BCUT2D eigenvalue weighted by atomic mass is 9.95. The van der Waals surface area contributed by atoms with Crippen LogP contribution < -0.4 is 9.64 Å². The van der Waals surface area contributed by atoms with Gasteiger partial charge in [-0.1, -0.05) is 42.5 Å². The maximum Gasteiger partial charge on any atom is 0.573 e. The number of ketones is 1. The maximum absolute atomic E-state index is 13.1. The van der Waals surface area contributed by atoms with Gasteiger partial charge in [-0.15, -0.1) is 24.5 Å². The topological polar surface area (TPSA) is 66.8 Å². The highest BCUT2D eigenvalue weighted by Gasteiger charge is 2.45. The first-order chi connectivity index (χ1) is 14.8. The summed E-state index contributed by atoms with van der Waals surface area (Å²) < 4.78 is 41.9. The number of hydrogen-bond acceptors (Lipinski definition) is 5. The summed E-state index contributed by atoms with van der Waals surface area (Å²) in [4.78, 5) is 27.5. The van der Waals surface area contributed by atoms with Crippen LogP contribution in [0.4, 0.5) is 18.9 Å². The number of alkyl halides is 3. The molecule has 0 aliphatic carbocycles. The Balaban J connectivity index is 1.82. The quantitative estimate of drug-likeness (QED) is 0.532. The van der Waals surface area contributed by atoms with Crippen molar-refractivity contribution in [1.29, 1.82) is 0 Å². The lowest BCUT2D eigenvalue weighted by Gasteiger charge is -2.27. The van der Waals surface area contributed by atoms with E-state index in [1.165, 1.54) is 12.1 Å². The Bertz CT molecular complexity index is 1160. The number of benzene rings is 2. The van der Waals surface area contributed by atoms with E-state index in [1.54, 1.807) is 47.8 Å². The fourth-order valence-corrected chi connectivity index (χ4v) is 4.10. The van der Waals surface area contributed by atoms with Gasteiger partial charge >= 0.3 is 6.36 Å². The second kappa shape index (κ2) is 7.92. The van der Waals surface area contributed by atoms with Crippen molar-refractivity contribution in [3.05, 3.63) is 93.9 Å². The van der Waals surface area contributed by atoms with Crippen LogP contribution in [0.2, 0.25) is 0 Å². The lowest BCUT2D eigenvalue weighted by Crippen LogP contribution is -2.31. The van der Waals surface area contributed by atoms with Gasteiger partial charge in [0.1, 0.15) is 5.75 Å². The Hall–Kier alpha value is -3.59. The van der Waals surface area contributed by atoms with Gasteiger partial charge in [0.05, 0.1) is 16.5 Å². The molecule has 2 aromatic carbocycles. The number of anilines is 1. The van der Waals surface area contributed by atoms with Crippen LogP contribution in [0.3, 0.4) is 0 Å². The molecule has 1 aliphatic heterocycles. The Labute approximate surface area is 178 Å². The third-order valence-electron chi connectivity index (χ3n) is 4.64. The zero-order valence-electron chi connectivity index (χ0n) is 15.7. The smallest absolute Gasteiger partial charge is 0.503 e. The average Bonchev–Trinajstić information content (AvgIpc) is 3.35. The van der Waals surface area contributed by atoms with Gasteiger partial charge in [0.2, 0.25) is 5.78 Å². The van der Waals surface area contributed by atoms with Crippen LogP contribution in [0, 0.1) is 0 Å². The Kier molecular flexibility index (Phi) is 5.28. The monoisotopic (exact) mass is 445 g/mol. The van der Waals surface area contributed by atoms with E-state index < -0.39 is 35.6 Å². The number of aliphatic hydroxyl groups is 1. The van der Waals surface area contributed by atoms with E-state index in [0.29, 0.717) is 10.4 Å². The summed E-state index contributed by atoms with van der Waals surface area (Å²) in [5, 5.41) is 12.3. The fourth-order valence-electron chi connectivity index (χ4n) is 3.43. The number of hydrogen-bond donors (Lipinski definition) is 1. The van der Waals surface area contributed by atoms with Crippen LogP contribution in [-0.4, -0.2) is 23.2 Å². The minimum atomic E-state index is -4.91. The van der Waals surface area contributed by atoms with E-state index >= 15 is 0 Å². The molecule has 3 aromatic rings. The number of carbonyl (C=O) groups excluding carboxylic acids is 2. The number of nitrogens with zero attached hydrogens (tertiary/aromatic N) is 1. The van der Waals surface area contributed by atoms with Crippen LogP contribution >= 0.6 is 11.3 Å². The molecule has 1 unspecified atom stereocenters. The van der Waals surface area contributed by atoms with Gasteiger partial charge in [0.25, 0.3) is 5.91 Å². The van der Waals surface area contributed by atoms with Crippen molar-refractivity contribution in [2.24, 2.45) is 0 Å². The predicted octanol–water partition coefficient (Wildman–Crippen LogP) is 5.43. The maximum atomic E-state index is 13.1. The molecule has 0 saturated carbocycles. The molecule has 0 radical (unpaired) electrons. The van der Waals surface area contributed by atoms with E-state index in [2.05, 4.69) is 4.74 Å². The highest BCUT2D eigenvalue weighted by molar-refractivity contribution is 7.12. The normalized spacial score (nSPS) is 16.7. The minimum absolute atomic E-state index is 0.0427. The molecule has 0 saturated heterocycles. The van der Waals surface area contributed by atoms with Crippen molar-refractivity contribution < 1.29 is 32.6 Å². The molecule has 9 heteroatoms. The predicted molar refractivity (Wildman–Crippen MR) is 108 cm³/mol. The highest BCUT2D eigenvalue weighted by Crippen LogP contribution is 2.43. The van der Waals surface area contributed by atoms with Gasteiger partial charge in [0.15, 0.2) is 5.76 Å². The van der Waals surface area contributed by atoms with Crippen molar-refractivity contribution in [3.63, 3.8) is 0 Å². The molecular weight excluding hydrogens is 431 g/mol. The third kappa shape index (κ3) is 4.04. The Morgan fingerprint density at radius 2 is 1.77 bits per heavy atom. The van der Waals surface area contributed by atoms with Crippen LogP contribution in [-0.2, 0) is 4.79 Å². The van der Waals surface area contributed by atoms with E-state index in [9.17, 15) is 27.9 Å². The van der Waals surface area contributed by atoms with E-state index in [1.807, 2.05) is 0 Å². The van der Waals surface area contributed by atoms with Crippen LogP contribution in [0.25, 0.3) is 0 Å². The summed E-state index contributed by atoms with van der Waals surface area (Å²) in [6.45, 7) is 0. The molecule has 1 amide bonds. The van der Waals surface area contributed by atoms with Gasteiger partial charge in [-0.05, 0) is 29.1 Å². The van der Waals surface area contributed by atoms with Gasteiger partial charge in [-0.2, -0.15) is 0 Å². The van der Waals surface area contributed by atoms with E-state index in [-0.39, 0.29) is 11.3 Å². The largest absolute Gasteiger partial charge is 0.573 e. The summed E-state index contributed by atoms with van der Waals surface area (Å²) in [6, 6.07) is 15.5. The number of rotatable bonds is 5. The van der Waals surface area contributed by atoms with Crippen molar-refractivity contribution in [2.75, 3.05) is 4.90 Å². The molecule has 1 aliphatic rings. The average molecular weight is 445 g/mol. The second-order valence-electron chi connectivity index (χ2n) is 6.60. The molecule has 1 atom stereocenters. The zero-order chi connectivity index (χ0) is 22.2. The molecule has 0 bridgehead atoms. The Morgan fingerprint density at radius 1 is 1.03 bits per heavy atom. The minimum Gasteiger partial charge on any atom is -0.503 e. The van der Waals surface area contributed by atoms with Crippen molar-refractivity contribution in [3.8, 4) is 5.75 Å². The summed E-state index contributed by atoms with van der Waals surface area (Å²) in [5.41, 5.74) is 0.420. The van der Waals surface area contributed by atoms with E-state index in [0.717, 1.165) is 28.4 Å². The van der Waals surface area contributed by atoms with Crippen molar-refractivity contribution >= 4 is 28.7 Å². The fraction of sp³-hybridized carbons (Fsp3) is 0.0909.